The van der Waals surface area contributed by atoms with Crippen LogP contribution in [0.4, 0.5) is 0 Å². The van der Waals surface area contributed by atoms with Gasteiger partial charge in [0.2, 0.25) is 5.96 Å². The Kier molecular flexibility index (Phi) is 7.76. The molecule has 0 aliphatic heterocycles. The van der Waals surface area contributed by atoms with Crippen molar-refractivity contribution in [2.45, 2.75) is 20.3 Å². The Morgan fingerprint density at radius 1 is 1.29 bits per heavy atom. The average Bonchev–Trinajstić information content (AvgIpc) is 2.77. The highest BCUT2D eigenvalue weighted by molar-refractivity contribution is 6.03. The SMILES string of the molecule is CC(C)C/C(=N\N=C(N)N)c1cc2ccncc2[nH]1.Cl.Cl. The van der Waals surface area contributed by atoms with Crippen LogP contribution < -0.4 is 11.5 Å². The van der Waals surface area contributed by atoms with Crippen LogP contribution in [0.1, 0.15) is 26.0 Å². The number of aromatic nitrogens is 2. The van der Waals surface area contributed by atoms with Crippen molar-refractivity contribution >= 4 is 47.4 Å². The number of halogens is 2. The Morgan fingerprint density at radius 2 is 2.00 bits per heavy atom. The monoisotopic (exact) mass is 330 g/mol. The first kappa shape index (κ1) is 19.2. The van der Waals surface area contributed by atoms with Gasteiger partial charge in [0.15, 0.2) is 0 Å². The summed E-state index contributed by atoms with van der Waals surface area (Å²) in [6, 6.07) is 3.98. The third-order valence-electron chi connectivity index (χ3n) is 2.62. The highest BCUT2D eigenvalue weighted by Gasteiger charge is 2.10. The molecule has 0 fully saturated rings. The van der Waals surface area contributed by atoms with E-state index >= 15 is 0 Å². The van der Waals surface area contributed by atoms with Crippen molar-refractivity contribution in [3.05, 3.63) is 30.2 Å². The van der Waals surface area contributed by atoms with Gasteiger partial charge in [0, 0.05) is 11.6 Å². The number of nitrogens with two attached hydrogens (primary N) is 2. The van der Waals surface area contributed by atoms with Crippen LogP contribution in [0.5, 0.6) is 0 Å². The highest BCUT2D eigenvalue weighted by Crippen LogP contribution is 2.17. The summed E-state index contributed by atoms with van der Waals surface area (Å²) in [5.74, 6) is 0.413. The quantitative estimate of drug-likeness (QED) is 0.455. The maximum absolute atomic E-state index is 5.33. The van der Waals surface area contributed by atoms with E-state index in [0.717, 1.165) is 28.7 Å². The molecule has 0 radical (unpaired) electrons. The molecule has 0 saturated heterocycles. The molecule has 116 valence electrons. The molecule has 0 aromatic carbocycles. The van der Waals surface area contributed by atoms with Crippen molar-refractivity contribution in [3.8, 4) is 0 Å². The minimum absolute atomic E-state index is 0. The third kappa shape index (κ3) is 5.24. The Morgan fingerprint density at radius 3 is 2.57 bits per heavy atom. The van der Waals surface area contributed by atoms with Gasteiger partial charge in [-0.05, 0) is 24.5 Å². The van der Waals surface area contributed by atoms with Crippen LogP contribution in [0, 0.1) is 5.92 Å². The first-order chi connectivity index (χ1) is 9.06. The lowest BCUT2D eigenvalue weighted by Crippen LogP contribution is -2.22. The smallest absolute Gasteiger partial charge is 0.211 e. The van der Waals surface area contributed by atoms with Crippen molar-refractivity contribution in [1.82, 2.24) is 9.97 Å². The van der Waals surface area contributed by atoms with E-state index < -0.39 is 0 Å². The summed E-state index contributed by atoms with van der Waals surface area (Å²) >= 11 is 0. The number of nitrogens with zero attached hydrogens (tertiary/aromatic N) is 3. The van der Waals surface area contributed by atoms with Crippen LogP contribution in [0.2, 0.25) is 0 Å². The molecular formula is C13H20Cl2N6. The van der Waals surface area contributed by atoms with E-state index in [9.17, 15) is 0 Å². The minimum atomic E-state index is -0.0426. The molecule has 0 amide bonds. The Balaban J connectivity index is 0.00000200. The van der Waals surface area contributed by atoms with Crippen molar-refractivity contribution in [2.75, 3.05) is 0 Å². The summed E-state index contributed by atoms with van der Waals surface area (Å²) in [7, 11) is 0. The summed E-state index contributed by atoms with van der Waals surface area (Å²) in [6.07, 6.45) is 4.33. The number of rotatable bonds is 4. The van der Waals surface area contributed by atoms with Crippen LogP contribution in [0.3, 0.4) is 0 Å². The third-order valence-corrected chi connectivity index (χ3v) is 2.62. The van der Waals surface area contributed by atoms with Crippen molar-refractivity contribution in [1.29, 1.82) is 0 Å². The molecule has 0 spiro atoms. The predicted octanol–water partition coefficient (Wildman–Crippen LogP) is 2.43. The van der Waals surface area contributed by atoms with Crippen molar-refractivity contribution < 1.29 is 0 Å². The fraction of sp³-hybridized carbons (Fsp3) is 0.308. The molecule has 2 heterocycles. The van der Waals surface area contributed by atoms with E-state index in [2.05, 4.69) is 34.0 Å². The predicted molar refractivity (Wildman–Crippen MR) is 92.4 cm³/mol. The lowest BCUT2D eigenvalue weighted by Gasteiger charge is -2.05. The van der Waals surface area contributed by atoms with Gasteiger partial charge < -0.3 is 16.5 Å². The lowest BCUT2D eigenvalue weighted by molar-refractivity contribution is 0.682. The van der Waals surface area contributed by atoms with Gasteiger partial charge in [0.1, 0.15) is 0 Å². The summed E-state index contributed by atoms with van der Waals surface area (Å²) in [5.41, 5.74) is 13.4. The number of hydrogen-bond acceptors (Lipinski definition) is 3. The van der Waals surface area contributed by atoms with Crippen molar-refractivity contribution in [3.63, 3.8) is 0 Å². The first-order valence-corrected chi connectivity index (χ1v) is 6.15. The minimum Gasteiger partial charge on any atom is -0.369 e. The molecule has 8 heteroatoms. The van der Waals surface area contributed by atoms with Gasteiger partial charge >= 0.3 is 0 Å². The molecule has 0 atom stereocenters. The number of pyridine rings is 1. The lowest BCUT2D eigenvalue weighted by atomic mass is 10.0. The zero-order valence-corrected chi connectivity index (χ0v) is 13.5. The van der Waals surface area contributed by atoms with Crippen LogP contribution in [0.25, 0.3) is 10.9 Å². The second-order valence-corrected chi connectivity index (χ2v) is 4.82. The standard InChI is InChI=1S/C13H18N6.2ClH/c1-8(2)5-11(18-19-13(14)15)10-6-9-3-4-16-7-12(9)17-10;;/h3-4,6-8,17H,5H2,1-2H3,(H4,14,15,19);2*1H/b18-11+;;. The van der Waals surface area contributed by atoms with E-state index in [4.69, 9.17) is 11.5 Å². The molecule has 6 nitrogen and oxygen atoms in total. The van der Waals surface area contributed by atoms with Gasteiger partial charge in [-0.2, -0.15) is 0 Å². The van der Waals surface area contributed by atoms with Gasteiger partial charge in [-0.15, -0.1) is 35.0 Å². The van der Waals surface area contributed by atoms with E-state index in [1.165, 1.54) is 0 Å². The molecule has 2 aromatic heterocycles. The van der Waals surface area contributed by atoms with Gasteiger partial charge in [-0.3, -0.25) is 4.98 Å². The van der Waals surface area contributed by atoms with Crippen LogP contribution in [-0.2, 0) is 0 Å². The zero-order chi connectivity index (χ0) is 13.8. The molecule has 0 unspecified atom stereocenters. The largest absolute Gasteiger partial charge is 0.369 e. The summed E-state index contributed by atoms with van der Waals surface area (Å²) in [6.45, 7) is 4.24. The summed E-state index contributed by atoms with van der Waals surface area (Å²) in [4.78, 5) is 7.36. The molecule has 2 rings (SSSR count). The molecular weight excluding hydrogens is 311 g/mol. The number of nitrogens with one attached hydrogen (secondary N) is 1. The second-order valence-electron chi connectivity index (χ2n) is 4.82. The number of guanidine groups is 1. The normalized spacial score (nSPS) is 10.9. The number of hydrogen-bond donors (Lipinski definition) is 3. The maximum atomic E-state index is 5.33. The topological polar surface area (TPSA) is 105 Å². The molecule has 2 aromatic rings. The Bertz CT molecular complexity index is 595. The van der Waals surface area contributed by atoms with Gasteiger partial charge in [-0.1, -0.05) is 13.8 Å². The number of aromatic amines is 1. The van der Waals surface area contributed by atoms with Crippen LogP contribution in [-0.4, -0.2) is 21.6 Å². The van der Waals surface area contributed by atoms with E-state index in [1.807, 2.05) is 12.1 Å². The fourth-order valence-electron chi connectivity index (χ4n) is 1.84. The van der Waals surface area contributed by atoms with Crippen molar-refractivity contribution in [2.24, 2.45) is 27.6 Å². The molecule has 0 saturated carbocycles. The molecule has 0 bridgehead atoms. The highest BCUT2D eigenvalue weighted by atomic mass is 35.5. The van der Waals surface area contributed by atoms with Gasteiger partial charge in [-0.25, -0.2) is 0 Å². The average molecular weight is 331 g/mol. The summed E-state index contributed by atoms with van der Waals surface area (Å²) < 4.78 is 0. The second kappa shape index (κ2) is 8.49. The van der Waals surface area contributed by atoms with Gasteiger partial charge in [0.25, 0.3) is 0 Å². The summed E-state index contributed by atoms with van der Waals surface area (Å²) in [5, 5.41) is 8.97. The van der Waals surface area contributed by atoms with Crippen LogP contribution in [0.15, 0.2) is 34.7 Å². The first-order valence-electron chi connectivity index (χ1n) is 6.15. The zero-order valence-electron chi connectivity index (χ0n) is 11.9. The van der Waals surface area contributed by atoms with E-state index in [0.29, 0.717) is 5.92 Å². The van der Waals surface area contributed by atoms with E-state index in [-0.39, 0.29) is 30.8 Å². The molecule has 5 N–H and O–H groups in total. The molecule has 0 aliphatic rings. The fourth-order valence-corrected chi connectivity index (χ4v) is 1.84. The number of H-pyrrole nitrogens is 1. The van der Waals surface area contributed by atoms with Crippen LogP contribution >= 0.6 is 24.8 Å². The molecule has 0 aliphatic carbocycles. The maximum Gasteiger partial charge on any atom is 0.211 e. The Labute approximate surface area is 135 Å². The Hall–Kier alpha value is -1.79. The number of fused-ring (bicyclic) bond motifs is 1. The molecule has 21 heavy (non-hydrogen) atoms. The van der Waals surface area contributed by atoms with Gasteiger partial charge in [0.05, 0.1) is 23.1 Å². The van der Waals surface area contributed by atoms with E-state index in [1.54, 1.807) is 12.4 Å².